The van der Waals surface area contributed by atoms with Gasteiger partial charge in [0.1, 0.15) is 16.8 Å². The summed E-state index contributed by atoms with van der Waals surface area (Å²) >= 11 is 3.84. The Morgan fingerprint density at radius 3 is 1.28 bits per heavy atom. The van der Waals surface area contributed by atoms with E-state index in [0.717, 1.165) is 22.3 Å². The molecule has 4 aromatic rings. The Hall–Kier alpha value is -2.80. The Kier molecular flexibility index (Phi) is 7.82. The molecule has 1 saturated heterocycles. The highest BCUT2D eigenvalue weighted by atomic mass is 79.9. The molecule has 0 aromatic heterocycles. The van der Waals surface area contributed by atoms with E-state index in [9.17, 15) is 15.3 Å². The smallest absolute Gasteiger partial charge is 0.159 e. The van der Waals surface area contributed by atoms with Crippen LogP contribution < -0.4 is 0 Å². The minimum absolute atomic E-state index is 0.0242. The number of ether oxygens (including phenoxy) is 1. The molecule has 4 nitrogen and oxygen atoms in total. The van der Waals surface area contributed by atoms with Crippen LogP contribution in [-0.2, 0) is 30.4 Å². The summed E-state index contributed by atoms with van der Waals surface area (Å²) in [5.41, 5.74) is -2.41. The molecule has 5 rings (SSSR count). The molecule has 4 aromatic carbocycles. The summed E-state index contributed by atoms with van der Waals surface area (Å²) in [5, 5.41) is 38.7. The highest BCUT2D eigenvalue weighted by Crippen LogP contribution is 2.56. The van der Waals surface area contributed by atoms with Gasteiger partial charge in [-0.15, -0.1) is 0 Å². The highest BCUT2D eigenvalue weighted by molar-refractivity contribution is 9.10. The maximum absolute atomic E-state index is 13.1. The van der Waals surface area contributed by atoms with Gasteiger partial charge in [-0.3, -0.25) is 0 Å². The fourth-order valence-electron chi connectivity index (χ4n) is 6.08. The summed E-state index contributed by atoms with van der Waals surface area (Å²) in [5.74, 6) is 0. The van der Waals surface area contributed by atoms with Crippen molar-refractivity contribution in [2.45, 2.75) is 60.0 Å². The Balaban J connectivity index is 1.71. The van der Waals surface area contributed by atoms with Gasteiger partial charge in [0, 0.05) is 25.7 Å². The predicted molar refractivity (Wildman–Crippen MR) is 158 cm³/mol. The molecule has 1 fully saturated rings. The molecule has 1 aliphatic rings. The average molecular weight is 588 g/mol. The topological polar surface area (TPSA) is 69.9 Å². The van der Waals surface area contributed by atoms with Gasteiger partial charge in [-0.1, -0.05) is 137 Å². The first-order chi connectivity index (χ1) is 18.7. The molecule has 5 heteroatoms. The molecule has 1 heterocycles. The molecule has 1 aliphatic heterocycles. The van der Waals surface area contributed by atoms with Crippen molar-refractivity contribution in [3.05, 3.63) is 144 Å². The van der Waals surface area contributed by atoms with Gasteiger partial charge in [0.15, 0.2) is 4.51 Å². The molecule has 202 valence electrons. The average Bonchev–Trinajstić information content (AvgIpc) is 2.94. The van der Waals surface area contributed by atoms with Crippen molar-refractivity contribution >= 4 is 15.9 Å². The zero-order chi connectivity index (χ0) is 27.6. The molecule has 0 saturated carbocycles. The first kappa shape index (κ1) is 27.8. The van der Waals surface area contributed by atoms with Crippen LogP contribution in [0.2, 0.25) is 0 Å². The molecular formula is C34H35BrO4. The van der Waals surface area contributed by atoms with Crippen LogP contribution in [0.4, 0.5) is 0 Å². The molecule has 1 unspecified atom stereocenters. The maximum atomic E-state index is 13.1. The first-order valence-electron chi connectivity index (χ1n) is 13.4. The van der Waals surface area contributed by atoms with Gasteiger partial charge in [0.05, 0.1) is 6.10 Å². The van der Waals surface area contributed by atoms with Crippen LogP contribution in [0.1, 0.15) is 29.2 Å². The lowest BCUT2D eigenvalue weighted by atomic mass is 9.57. The van der Waals surface area contributed by atoms with Crippen molar-refractivity contribution < 1.29 is 20.1 Å². The predicted octanol–water partition coefficient (Wildman–Crippen LogP) is 5.66. The van der Waals surface area contributed by atoms with Crippen molar-refractivity contribution in [3.63, 3.8) is 0 Å². The van der Waals surface area contributed by atoms with Crippen LogP contribution in [0.5, 0.6) is 0 Å². The Labute approximate surface area is 239 Å². The van der Waals surface area contributed by atoms with Crippen molar-refractivity contribution in [3.8, 4) is 0 Å². The van der Waals surface area contributed by atoms with Crippen LogP contribution in [0, 0.1) is 0 Å². The van der Waals surface area contributed by atoms with E-state index in [4.69, 9.17) is 4.74 Å². The zero-order valence-corrected chi connectivity index (χ0v) is 23.7. The van der Waals surface area contributed by atoms with Crippen LogP contribution >= 0.6 is 15.9 Å². The minimum Gasteiger partial charge on any atom is -0.384 e. The number of rotatable bonds is 8. The van der Waals surface area contributed by atoms with E-state index < -0.39 is 27.4 Å². The molecule has 0 amide bonds. The Morgan fingerprint density at radius 2 is 0.872 bits per heavy atom. The summed E-state index contributed by atoms with van der Waals surface area (Å²) in [6.07, 6.45) is -0.371. The lowest BCUT2D eigenvalue weighted by molar-refractivity contribution is -0.359. The Morgan fingerprint density at radius 1 is 0.538 bits per heavy atom. The van der Waals surface area contributed by atoms with Crippen LogP contribution in [0.3, 0.4) is 0 Å². The van der Waals surface area contributed by atoms with E-state index in [1.54, 1.807) is 6.92 Å². The quantitative estimate of drug-likeness (QED) is 0.233. The molecular weight excluding hydrogens is 552 g/mol. The van der Waals surface area contributed by atoms with E-state index in [1.165, 1.54) is 0 Å². The zero-order valence-electron chi connectivity index (χ0n) is 22.1. The molecule has 39 heavy (non-hydrogen) atoms. The minimum atomic E-state index is -2.02. The van der Waals surface area contributed by atoms with Crippen molar-refractivity contribution in [2.75, 3.05) is 0 Å². The third kappa shape index (κ3) is 5.10. The van der Waals surface area contributed by atoms with Crippen LogP contribution in [-0.4, -0.2) is 42.7 Å². The third-order valence-corrected chi connectivity index (χ3v) is 9.37. The van der Waals surface area contributed by atoms with E-state index >= 15 is 0 Å². The lowest BCUT2D eigenvalue weighted by Gasteiger charge is -2.64. The van der Waals surface area contributed by atoms with Gasteiger partial charge in [0.25, 0.3) is 0 Å². The highest BCUT2D eigenvalue weighted by Gasteiger charge is 2.74. The van der Waals surface area contributed by atoms with Gasteiger partial charge in [-0.05, 0) is 29.2 Å². The van der Waals surface area contributed by atoms with Gasteiger partial charge in [-0.25, -0.2) is 0 Å². The fraction of sp³-hybridized carbons (Fsp3) is 0.294. The number of benzene rings is 4. The lowest BCUT2D eigenvalue weighted by Crippen LogP contribution is -2.84. The SMILES string of the molecule is C[C@@H]1OC(Br)(Cc2ccccc2)[C@](O)(Cc2ccccc2)[C@@](O)(Cc2ccccc2)[C@@]1(O)Cc1ccccc1. The molecule has 0 aliphatic carbocycles. The van der Waals surface area contributed by atoms with Gasteiger partial charge >= 0.3 is 0 Å². The van der Waals surface area contributed by atoms with E-state index in [2.05, 4.69) is 15.9 Å². The van der Waals surface area contributed by atoms with Crippen molar-refractivity contribution in [1.29, 1.82) is 0 Å². The largest absolute Gasteiger partial charge is 0.384 e. The number of halogens is 1. The number of hydrogen-bond donors (Lipinski definition) is 3. The standard InChI is InChI=1S/C34H35BrO4/c1-26-31(36,22-27-14-6-2-7-15-27)32(37,23-28-16-8-3-9-17-28)33(38,24-29-18-10-4-11-19-29)34(35,39-26)25-30-20-12-5-13-21-30/h2-21,26,36-38H,22-25H2,1H3/t26-,31+,32+,33-,34?/m0/s1. The van der Waals surface area contributed by atoms with E-state index in [-0.39, 0.29) is 25.7 Å². The molecule has 5 atom stereocenters. The summed E-state index contributed by atoms with van der Waals surface area (Å²) in [4.78, 5) is 0. The third-order valence-electron chi connectivity index (χ3n) is 8.25. The Bertz CT molecular complexity index is 1350. The van der Waals surface area contributed by atoms with Crippen molar-refractivity contribution in [2.24, 2.45) is 0 Å². The summed E-state index contributed by atoms with van der Waals surface area (Å²) in [6, 6.07) is 38.5. The van der Waals surface area contributed by atoms with Gasteiger partial charge in [0.2, 0.25) is 0 Å². The van der Waals surface area contributed by atoms with E-state index in [1.807, 2.05) is 121 Å². The van der Waals surface area contributed by atoms with Crippen LogP contribution in [0.25, 0.3) is 0 Å². The van der Waals surface area contributed by atoms with E-state index in [0.29, 0.717) is 0 Å². The van der Waals surface area contributed by atoms with Gasteiger partial charge < -0.3 is 20.1 Å². The second-order valence-corrected chi connectivity index (χ2v) is 12.1. The fourth-order valence-corrected chi connectivity index (χ4v) is 7.15. The normalized spacial score (nSPS) is 30.6. The number of aliphatic hydroxyl groups is 3. The second kappa shape index (κ2) is 11.0. The summed E-state index contributed by atoms with van der Waals surface area (Å²) in [7, 11) is 0. The van der Waals surface area contributed by atoms with Crippen LogP contribution in [0.15, 0.2) is 121 Å². The molecule has 0 spiro atoms. The van der Waals surface area contributed by atoms with Crippen molar-refractivity contribution in [1.82, 2.24) is 0 Å². The first-order valence-corrected chi connectivity index (χ1v) is 14.2. The molecule has 0 bridgehead atoms. The number of alkyl halides is 1. The molecule has 3 N–H and O–H groups in total. The molecule has 0 radical (unpaired) electrons. The summed E-state index contributed by atoms with van der Waals surface area (Å²) < 4.78 is 5.23. The second-order valence-electron chi connectivity index (χ2n) is 10.8. The van der Waals surface area contributed by atoms with Gasteiger partial charge in [-0.2, -0.15) is 0 Å². The maximum Gasteiger partial charge on any atom is 0.159 e. The monoisotopic (exact) mass is 586 g/mol. The summed E-state index contributed by atoms with van der Waals surface area (Å²) in [6.45, 7) is 1.78. The number of hydrogen-bond acceptors (Lipinski definition) is 4.